The molecule has 21 heavy (non-hydrogen) atoms. The number of hydrogen-bond acceptors (Lipinski definition) is 4. The first-order valence-electron chi connectivity index (χ1n) is 6.99. The van der Waals surface area contributed by atoms with Gasteiger partial charge >= 0.3 is 0 Å². The van der Waals surface area contributed by atoms with E-state index in [4.69, 9.17) is 0 Å². The predicted octanol–water partition coefficient (Wildman–Crippen LogP) is 0.592. The van der Waals surface area contributed by atoms with Crippen molar-refractivity contribution in [2.45, 2.75) is 18.4 Å². The van der Waals surface area contributed by atoms with Crippen LogP contribution in [0.1, 0.15) is 28.3 Å². The number of carboxylic acid groups (broad SMARTS) is 1. The third-order valence-corrected chi connectivity index (χ3v) is 4.29. The summed E-state index contributed by atoms with van der Waals surface area (Å²) in [6, 6.07) is 4.75. The topological polar surface area (TPSA) is 72.5 Å². The molecule has 1 amide bonds. The van der Waals surface area contributed by atoms with Crippen LogP contribution in [0.25, 0.3) is 0 Å². The molecule has 0 spiro atoms. The number of fused-ring (bicyclic) bond motifs is 3. The molecule has 0 radical (unpaired) electrons. The Kier molecular flexibility index (Phi) is 3.20. The number of anilines is 1. The highest BCUT2D eigenvalue weighted by atomic mass is 16.4. The number of carboxylic acids is 1. The summed E-state index contributed by atoms with van der Waals surface area (Å²) in [7, 11) is 3.36. The number of hydrogen-bond donors (Lipinski definition) is 1. The fourth-order valence-corrected chi connectivity index (χ4v) is 3.27. The molecule has 0 unspecified atom stereocenters. The van der Waals surface area contributed by atoms with Gasteiger partial charge in [0.05, 0.1) is 23.3 Å². The zero-order valence-corrected chi connectivity index (χ0v) is 12.0. The van der Waals surface area contributed by atoms with Gasteiger partial charge in [0.1, 0.15) is 0 Å². The van der Waals surface area contributed by atoms with E-state index in [2.05, 4.69) is 5.32 Å². The van der Waals surface area contributed by atoms with Crippen molar-refractivity contribution in [3.8, 4) is 0 Å². The van der Waals surface area contributed by atoms with Gasteiger partial charge in [-0.3, -0.25) is 4.79 Å². The maximum Gasteiger partial charge on any atom is 0.255 e. The van der Waals surface area contributed by atoms with Gasteiger partial charge in [-0.25, -0.2) is 0 Å². The van der Waals surface area contributed by atoms with Gasteiger partial charge in [-0.05, 0) is 24.0 Å². The van der Waals surface area contributed by atoms with Gasteiger partial charge in [0.15, 0.2) is 0 Å². The maximum atomic E-state index is 12.3. The number of amides is 1. The third-order valence-electron chi connectivity index (χ3n) is 4.29. The van der Waals surface area contributed by atoms with Crippen molar-refractivity contribution in [2.75, 3.05) is 19.4 Å². The highest BCUT2D eigenvalue weighted by Gasteiger charge is 2.39. The van der Waals surface area contributed by atoms with Crippen LogP contribution in [0.3, 0.4) is 0 Å². The molecule has 0 fully saturated rings. The molecule has 0 saturated carbocycles. The summed E-state index contributed by atoms with van der Waals surface area (Å²) in [5, 5.41) is 14.4. The molecule has 3 rings (SSSR count). The molecule has 5 heteroatoms. The first-order valence-corrected chi connectivity index (χ1v) is 6.99. The summed E-state index contributed by atoms with van der Waals surface area (Å²) in [6.07, 6.45) is 4.74. The molecule has 1 aromatic rings. The number of carbonyl (C=O) groups excluding carboxylic acids is 2. The molecule has 5 nitrogen and oxygen atoms in total. The largest absolute Gasteiger partial charge is 0.548 e. The van der Waals surface area contributed by atoms with E-state index in [9.17, 15) is 14.7 Å². The van der Waals surface area contributed by atoms with Gasteiger partial charge in [0, 0.05) is 20.0 Å². The molecule has 3 atom stereocenters. The molecule has 0 saturated heterocycles. The number of carbonyl (C=O) groups is 2. The minimum absolute atomic E-state index is 0.0269. The minimum Gasteiger partial charge on any atom is -0.548 e. The van der Waals surface area contributed by atoms with Crippen molar-refractivity contribution in [1.82, 2.24) is 4.90 Å². The van der Waals surface area contributed by atoms with Crippen LogP contribution in [-0.2, 0) is 4.79 Å². The van der Waals surface area contributed by atoms with Crippen LogP contribution in [0.15, 0.2) is 30.4 Å². The molecule has 110 valence electrons. The van der Waals surface area contributed by atoms with Crippen LogP contribution in [0.2, 0.25) is 0 Å². The fourth-order valence-electron chi connectivity index (χ4n) is 3.27. The molecule has 1 N–H and O–H groups in total. The summed E-state index contributed by atoms with van der Waals surface area (Å²) in [5.41, 5.74) is 2.11. The zero-order valence-electron chi connectivity index (χ0n) is 12.0. The summed E-state index contributed by atoms with van der Waals surface area (Å²) < 4.78 is 0. The molecule has 0 bridgehead atoms. The zero-order chi connectivity index (χ0) is 15.1. The Hall–Kier alpha value is -2.30. The standard InChI is InChI=1S/C16H18N2O3/c1-18(2)15(19)12-8-4-6-10-9-5-3-7-11(9)14(16(20)21)17-13(10)12/h3-6,8-9,11,14,17H,7H2,1-2H3,(H,20,21)/p-1/t9-,11+,14+/m1/s1. The van der Waals surface area contributed by atoms with Gasteiger partial charge in [0.2, 0.25) is 0 Å². The molecular formula is C16H17N2O3-. The highest BCUT2D eigenvalue weighted by Crippen LogP contribution is 2.45. The monoisotopic (exact) mass is 285 g/mol. The van der Waals surface area contributed by atoms with E-state index >= 15 is 0 Å². The molecule has 1 aliphatic heterocycles. The Labute approximate surface area is 123 Å². The lowest BCUT2D eigenvalue weighted by molar-refractivity contribution is -0.308. The molecule has 1 aliphatic carbocycles. The van der Waals surface area contributed by atoms with E-state index in [1.165, 1.54) is 4.90 Å². The maximum absolute atomic E-state index is 12.3. The lowest BCUT2D eigenvalue weighted by Gasteiger charge is -2.38. The first kappa shape index (κ1) is 13.7. The van der Waals surface area contributed by atoms with E-state index < -0.39 is 12.0 Å². The minimum atomic E-state index is -1.12. The number of nitrogens with one attached hydrogen (secondary N) is 1. The van der Waals surface area contributed by atoms with Crippen molar-refractivity contribution < 1.29 is 14.7 Å². The second-order valence-electron chi connectivity index (χ2n) is 5.76. The number of aliphatic carboxylic acids is 1. The van der Waals surface area contributed by atoms with Crippen molar-refractivity contribution in [2.24, 2.45) is 5.92 Å². The Morgan fingerprint density at radius 2 is 2.10 bits per heavy atom. The number of allylic oxidation sites excluding steroid dienone is 2. The first-order chi connectivity index (χ1) is 10.0. The predicted molar refractivity (Wildman–Crippen MR) is 76.9 cm³/mol. The van der Waals surface area contributed by atoms with Crippen molar-refractivity contribution in [1.29, 1.82) is 0 Å². The Morgan fingerprint density at radius 3 is 2.76 bits per heavy atom. The fraction of sp³-hybridized carbons (Fsp3) is 0.375. The van der Waals surface area contributed by atoms with Crippen molar-refractivity contribution >= 4 is 17.6 Å². The third kappa shape index (κ3) is 2.09. The van der Waals surface area contributed by atoms with Gasteiger partial charge in [-0.2, -0.15) is 0 Å². The van der Waals surface area contributed by atoms with Crippen LogP contribution in [0, 0.1) is 5.92 Å². The Balaban J connectivity index is 2.12. The lowest BCUT2D eigenvalue weighted by atomic mass is 9.78. The number of benzene rings is 1. The average Bonchev–Trinajstić information content (AvgIpc) is 2.94. The van der Waals surface area contributed by atoms with E-state index in [1.807, 2.05) is 24.3 Å². The van der Waals surface area contributed by atoms with E-state index in [0.29, 0.717) is 17.7 Å². The van der Waals surface area contributed by atoms with Gasteiger partial charge in [0.25, 0.3) is 5.91 Å². The van der Waals surface area contributed by atoms with Crippen LogP contribution in [0.4, 0.5) is 5.69 Å². The number of rotatable bonds is 2. The average molecular weight is 285 g/mol. The van der Waals surface area contributed by atoms with Crippen LogP contribution < -0.4 is 10.4 Å². The molecule has 0 aromatic heterocycles. The van der Waals surface area contributed by atoms with E-state index in [0.717, 1.165) is 5.56 Å². The van der Waals surface area contributed by atoms with Gasteiger partial charge in [-0.1, -0.05) is 24.3 Å². The SMILES string of the molecule is CN(C)C(=O)c1cccc2c1N[C@H](C(=O)[O-])[C@H]1CC=C[C@H]21. The Morgan fingerprint density at radius 1 is 1.33 bits per heavy atom. The quantitative estimate of drug-likeness (QED) is 0.807. The van der Waals surface area contributed by atoms with Crippen LogP contribution >= 0.6 is 0 Å². The summed E-state index contributed by atoms with van der Waals surface area (Å²) in [5.74, 6) is -1.28. The lowest BCUT2D eigenvalue weighted by Crippen LogP contribution is -2.49. The normalized spacial score (nSPS) is 25.7. The number of nitrogens with zero attached hydrogens (tertiary/aromatic N) is 1. The van der Waals surface area contributed by atoms with Crippen LogP contribution in [-0.4, -0.2) is 36.9 Å². The highest BCUT2D eigenvalue weighted by molar-refractivity contribution is 6.01. The van der Waals surface area contributed by atoms with E-state index in [1.54, 1.807) is 20.2 Å². The molecule has 2 aliphatic rings. The summed E-state index contributed by atoms with van der Waals surface area (Å²) >= 11 is 0. The number of para-hydroxylation sites is 1. The van der Waals surface area contributed by atoms with E-state index in [-0.39, 0.29) is 17.7 Å². The van der Waals surface area contributed by atoms with Gasteiger partial charge < -0.3 is 20.1 Å². The Bertz CT molecular complexity index is 636. The second-order valence-corrected chi connectivity index (χ2v) is 5.76. The van der Waals surface area contributed by atoms with Crippen molar-refractivity contribution in [3.05, 3.63) is 41.5 Å². The van der Waals surface area contributed by atoms with Crippen LogP contribution in [0.5, 0.6) is 0 Å². The molecule has 1 aromatic carbocycles. The summed E-state index contributed by atoms with van der Waals surface area (Å²) in [6.45, 7) is 0. The molecular weight excluding hydrogens is 268 g/mol. The smallest absolute Gasteiger partial charge is 0.255 e. The van der Waals surface area contributed by atoms with Crippen molar-refractivity contribution in [3.63, 3.8) is 0 Å². The second kappa shape index (κ2) is 4.91. The molecule has 1 heterocycles. The summed E-state index contributed by atoms with van der Waals surface area (Å²) in [4.78, 5) is 25.2. The van der Waals surface area contributed by atoms with Gasteiger partial charge in [-0.15, -0.1) is 0 Å².